The molecule has 0 saturated heterocycles. The summed E-state index contributed by atoms with van der Waals surface area (Å²) < 4.78 is 0. The van der Waals surface area contributed by atoms with Gasteiger partial charge in [-0.1, -0.05) is 13.8 Å². The van der Waals surface area contributed by atoms with Crippen molar-refractivity contribution in [1.82, 2.24) is 10.3 Å². The van der Waals surface area contributed by atoms with Crippen molar-refractivity contribution in [3.8, 4) is 0 Å². The molecular formula is C11H20N2OS. The molecular weight excluding hydrogens is 208 g/mol. The smallest absolute Gasteiger partial charge is 0.0794 e. The second-order valence-electron chi connectivity index (χ2n) is 4.79. The highest BCUT2D eigenvalue weighted by atomic mass is 32.1. The number of aliphatic hydroxyl groups excluding tert-OH is 1. The second kappa shape index (κ2) is 5.58. The minimum atomic E-state index is -0.231. The molecule has 1 aromatic rings. The lowest BCUT2D eigenvalue weighted by Gasteiger charge is -2.26. The van der Waals surface area contributed by atoms with Crippen LogP contribution in [0.1, 0.15) is 32.1 Å². The summed E-state index contributed by atoms with van der Waals surface area (Å²) >= 11 is 1.66. The van der Waals surface area contributed by atoms with Crippen molar-refractivity contribution in [3.05, 3.63) is 16.6 Å². The number of aromatic nitrogens is 1. The molecule has 3 nitrogen and oxygen atoms in total. The maximum Gasteiger partial charge on any atom is 0.0794 e. The summed E-state index contributed by atoms with van der Waals surface area (Å²) in [6.07, 6.45) is 2.48. The van der Waals surface area contributed by atoms with Gasteiger partial charge in [0.25, 0.3) is 0 Å². The lowest BCUT2D eigenvalue weighted by atomic mass is 9.87. The van der Waals surface area contributed by atoms with Gasteiger partial charge in [0.15, 0.2) is 0 Å². The molecule has 0 aromatic carbocycles. The Morgan fingerprint density at radius 3 is 2.87 bits per heavy atom. The van der Waals surface area contributed by atoms with Crippen LogP contribution in [0.2, 0.25) is 0 Å². The van der Waals surface area contributed by atoms with Gasteiger partial charge >= 0.3 is 0 Å². The summed E-state index contributed by atoms with van der Waals surface area (Å²) in [4.78, 5) is 5.28. The van der Waals surface area contributed by atoms with Crippen LogP contribution in [0.5, 0.6) is 0 Å². The Morgan fingerprint density at radius 2 is 2.33 bits per heavy atom. The van der Waals surface area contributed by atoms with E-state index in [0.29, 0.717) is 0 Å². The third-order valence-corrected chi connectivity index (χ3v) is 3.01. The minimum absolute atomic E-state index is 0.138. The lowest BCUT2D eigenvalue weighted by molar-refractivity contribution is 0.128. The Labute approximate surface area is 95.6 Å². The van der Waals surface area contributed by atoms with Gasteiger partial charge in [-0.15, -0.1) is 11.3 Å². The fourth-order valence-corrected chi connectivity index (χ4v) is 2.29. The zero-order chi connectivity index (χ0) is 11.3. The summed E-state index contributed by atoms with van der Waals surface area (Å²) in [6.45, 7) is 7.95. The van der Waals surface area contributed by atoms with Gasteiger partial charge in [0.2, 0.25) is 0 Å². The number of nitrogens with zero attached hydrogens (tertiary/aromatic N) is 1. The maximum absolute atomic E-state index is 9.34. The molecule has 2 N–H and O–H groups in total. The van der Waals surface area contributed by atoms with Crippen molar-refractivity contribution in [1.29, 1.82) is 0 Å². The quantitative estimate of drug-likeness (QED) is 0.783. The molecule has 86 valence electrons. The molecule has 0 bridgehead atoms. The number of thiazole rings is 1. The van der Waals surface area contributed by atoms with Crippen LogP contribution in [0.3, 0.4) is 0 Å². The van der Waals surface area contributed by atoms with E-state index in [-0.39, 0.29) is 11.5 Å². The van der Waals surface area contributed by atoms with Gasteiger partial charge < -0.3 is 10.4 Å². The molecule has 15 heavy (non-hydrogen) atoms. The summed E-state index contributed by atoms with van der Waals surface area (Å²) in [7, 11) is 0. The first-order valence-corrected chi connectivity index (χ1v) is 6.14. The fraction of sp³-hybridized carbons (Fsp3) is 0.727. The normalized spacial score (nSPS) is 14.1. The van der Waals surface area contributed by atoms with Crippen molar-refractivity contribution in [2.24, 2.45) is 5.41 Å². The third-order valence-electron chi connectivity index (χ3n) is 2.23. The van der Waals surface area contributed by atoms with Crippen LogP contribution in [0, 0.1) is 5.41 Å². The van der Waals surface area contributed by atoms with Gasteiger partial charge in [0.05, 0.1) is 11.6 Å². The van der Waals surface area contributed by atoms with Crippen LogP contribution in [0.15, 0.2) is 11.7 Å². The van der Waals surface area contributed by atoms with Crippen molar-refractivity contribution < 1.29 is 5.11 Å². The average Bonchev–Trinajstić information content (AvgIpc) is 2.53. The standard InChI is InChI=1S/C11H20N2OS/c1-9(14)4-11(2,3)7-12-5-10-6-13-8-15-10/h6,8-9,12,14H,4-5,7H2,1-3H3. The van der Waals surface area contributed by atoms with E-state index in [1.807, 2.05) is 18.6 Å². The third kappa shape index (κ3) is 5.25. The first kappa shape index (κ1) is 12.6. The van der Waals surface area contributed by atoms with Gasteiger partial charge in [0, 0.05) is 24.2 Å². The number of hydrogen-bond donors (Lipinski definition) is 2. The largest absolute Gasteiger partial charge is 0.393 e. The molecule has 0 saturated carbocycles. The van der Waals surface area contributed by atoms with Gasteiger partial charge in [-0.25, -0.2) is 0 Å². The molecule has 1 atom stereocenters. The van der Waals surface area contributed by atoms with Gasteiger partial charge in [-0.2, -0.15) is 0 Å². The van der Waals surface area contributed by atoms with Crippen LogP contribution in [0.4, 0.5) is 0 Å². The van der Waals surface area contributed by atoms with E-state index in [0.717, 1.165) is 19.5 Å². The molecule has 4 heteroatoms. The monoisotopic (exact) mass is 228 g/mol. The van der Waals surface area contributed by atoms with Crippen molar-refractivity contribution in [3.63, 3.8) is 0 Å². The predicted molar refractivity (Wildman–Crippen MR) is 63.9 cm³/mol. The number of aliphatic hydroxyl groups is 1. The molecule has 1 heterocycles. The van der Waals surface area contributed by atoms with E-state index >= 15 is 0 Å². The zero-order valence-corrected chi connectivity index (χ0v) is 10.5. The molecule has 0 aliphatic heterocycles. The molecule has 0 amide bonds. The minimum Gasteiger partial charge on any atom is -0.393 e. The van der Waals surface area contributed by atoms with Crippen LogP contribution >= 0.6 is 11.3 Å². The van der Waals surface area contributed by atoms with E-state index in [1.54, 1.807) is 11.3 Å². The van der Waals surface area contributed by atoms with E-state index in [4.69, 9.17) is 0 Å². The van der Waals surface area contributed by atoms with Crippen molar-refractivity contribution in [2.75, 3.05) is 6.54 Å². The Balaban J connectivity index is 2.24. The first-order valence-electron chi connectivity index (χ1n) is 5.26. The molecule has 0 aliphatic carbocycles. The van der Waals surface area contributed by atoms with E-state index < -0.39 is 0 Å². The van der Waals surface area contributed by atoms with Crippen LogP contribution in [0.25, 0.3) is 0 Å². The Bertz CT molecular complexity index is 270. The highest BCUT2D eigenvalue weighted by Gasteiger charge is 2.19. The molecule has 0 radical (unpaired) electrons. The zero-order valence-electron chi connectivity index (χ0n) is 9.66. The van der Waals surface area contributed by atoms with Gasteiger partial charge in [0.1, 0.15) is 0 Å². The van der Waals surface area contributed by atoms with Crippen molar-refractivity contribution in [2.45, 2.75) is 39.8 Å². The predicted octanol–water partition coefficient (Wildman–Crippen LogP) is 2.03. The second-order valence-corrected chi connectivity index (χ2v) is 5.76. The van der Waals surface area contributed by atoms with Crippen LogP contribution in [-0.4, -0.2) is 22.7 Å². The Morgan fingerprint density at radius 1 is 1.60 bits per heavy atom. The molecule has 1 unspecified atom stereocenters. The van der Waals surface area contributed by atoms with E-state index in [2.05, 4.69) is 24.1 Å². The maximum atomic E-state index is 9.34. The topological polar surface area (TPSA) is 45.1 Å². The SMILES string of the molecule is CC(O)CC(C)(C)CNCc1cncs1. The molecule has 0 fully saturated rings. The molecule has 1 aromatic heterocycles. The summed E-state index contributed by atoms with van der Waals surface area (Å²) in [5.41, 5.74) is 1.98. The highest BCUT2D eigenvalue weighted by molar-refractivity contribution is 7.09. The number of nitrogens with one attached hydrogen (secondary N) is 1. The van der Waals surface area contributed by atoms with Crippen LogP contribution < -0.4 is 5.32 Å². The van der Waals surface area contributed by atoms with E-state index in [9.17, 15) is 5.11 Å². The molecule has 0 aliphatic rings. The summed E-state index contributed by atoms with van der Waals surface area (Å²) in [5.74, 6) is 0. The fourth-order valence-electron chi connectivity index (χ4n) is 1.73. The Kier molecular flexibility index (Phi) is 4.70. The molecule has 1 rings (SSSR count). The van der Waals surface area contributed by atoms with Crippen molar-refractivity contribution >= 4 is 11.3 Å². The summed E-state index contributed by atoms with van der Waals surface area (Å²) in [5, 5.41) is 12.7. The number of rotatable bonds is 6. The van der Waals surface area contributed by atoms with Gasteiger partial charge in [-0.3, -0.25) is 4.98 Å². The highest BCUT2D eigenvalue weighted by Crippen LogP contribution is 2.21. The van der Waals surface area contributed by atoms with Gasteiger partial charge in [-0.05, 0) is 18.8 Å². The number of hydrogen-bond acceptors (Lipinski definition) is 4. The molecule has 0 spiro atoms. The average molecular weight is 228 g/mol. The van der Waals surface area contributed by atoms with E-state index in [1.165, 1.54) is 4.88 Å². The lowest BCUT2D eigenvalue weighted by Crippen LogP contribution is -2.31. The Hall–Kier alpha value is -0.450. The first-order chi connectivity index (χ1) is 6.99. The van der Waals surface area contributed by atoms with Crippen LogP contribution in [-0.2, 0) is 6.54 Å². The summed E-state index contributed by atoms with van der Waals surface area (Å²) in [6, 6.07) is 0.